The van der Waals surface area contributed by atoms with Crippen LogP contribution in [0.2, 0.25) is 0 Å². The number of aromatic nitrogens is 2. The minimum Gasteiger partial charge on any atom is -0.352 e. The lowest BCUT2D eigenvalue weighted by Crippen LogP contribution is -2.54. The number of anilines is 1. The molecule has 1 unspecified atom stereocenters. The third-order valence-electron chi connectivity index (χ3n) is 5.30. The maximum atomic E-state index is 12.5. The third-order valence-corrected chi connectivity index (χ3v) is 6.08. The molecule has 1 aromatic heterocycles. The van der Waals surface area contributed by atoms with Crippen molar-refractivity contribution in [3.8, 4) is 0 Å². The number of nitrogens with one attached hydrogen (secondary N) is 1. The number of hydrogen-bond acceptors (Lipinski definition) is 6. The molecule has 0 radical (unpaired) electrons. The number of amides is 1. The van der Waals surface area contributed by atoms with E-state index in [1.165, 1.54) is 24.4 Å². The van der Waals surface area contributed by atoms with Gasteiger partial charge in [-0.1, -0.05) is 33.6 Å². The van der Waals surface area contributed by atoms with Crippen LogP contribution in [0, 0.1) is 0 Å². The van der Waals surface area contributed by atoms with Gasteiger partial charge in [0, 0.05) is 49.2 Å². The Labute approximate surface area is 155 Å². The smallest absolute Gasteiger partial charge is 0.237 e. The minimum atomic E-state index is -0.0534. The molecule has 2 heterocycles. The highest BCUT2D eigenvalue weighted by Gasteiger charge is 2.29. The van der Waals surface area contributed by atoms with Gasteiger partial charge in [0.15, 0.2) is 0 Å². The lowest BCUT2D eigenvalue weighted by atomic mass is 9.96. The Hall–Kier alpha value is -1.21. The van der Waals surface area contributed by atoms with Gasteiger partial charge in [0.25, 0.3) is 0 Å². The van der Waals surface area contributed by atoms with Crippen molar-refractivity contribution in [1.82, 2.24) is 19.6 Å². The van der Waals surface area contributed by atoms with Crippen molar-refractivity contribution in [2.45, 2.75) is 70.9 Å². The molecule has 2 fully saturated rings. The van der Waals surface area contributed by atoms with Crippen LogP contribution in [0.4, 0.5) is 5.13 Å². The summed E-state index contributed by atoms with van der Waals surface area (Å²) in [5.74, 6) is 1.10. The predicted molar refractivity (Wildman–Crippen MR) is 102 cm³/mol. The van der Waals surface area contributed by atoms with Crippen LogP contribution in [0.1, 0.15) is 59.2 Å². The number of rotatable bonds is 4. The number of hydrogen-bond donors (Lipinski definition) is 1. The molecule has 2 aliphatic rings. The van der Waals surface area contributed by atoms with Crippen LogP contribution in [0.5, 0.6) is 0 Å². The standard InChI is InChI=1S/C18H31N5OS/c1-13(15(24)19-14-7-5-6-8-14)22-9-11-23(12-10-22)17-20-16(21-25-17)18(2,3)4/h13-14H,5-12H2,1-4H3,(H,19,24). The summed E-state index contributed by atoms with van der Waals surface area (Å²) in [4.78, 5) is 21.8. The fourth-order valence-corrected chi connectivity index (χ4v) is 4.41. The Morgan fingerprint density at radius 2 is 1.84 bits per heavy atom. The summed E-state index contributed by atoms with van der Waals surface area (Å²) in [6.07, 6.45) is 4.77. The zero-order valence-corrected chi connectivity index (χ0v) is 16.7. The van der Waals surface area contributed by atoms with E-state index in [2.05, 4.69) is 40.3 Å². The molecule has 7 heteroatoms. The van der Waals surface area contributed by atoms with Crippen LogP contribution in [0.3, 0.4) is 0 Å². The second-order valence-corrected chi connectivity index (χ2v) is 9.07. The average Bonchev–Trinajstić information content (AvgIpc) is 3.25. The summed E-state index contributed by atoms with van der Waals surface area (Å²) in [6, 6.07) is 0.343. The Morgan fingerprint density at radius 3 is 2.40 bits per heavy atom. The van der Waals surface area contributed by atoms with Gasteiger partial charge in [-0.3, -0.25) is 9.69 Å². The van der Waals surface area contributed by atoms with E-state index >= 15 is 0 Å². The largest absolute Gasteiger partial charge is 0.352 e. The maximum Gasteiger partial charge on any atom is 0.237 e. The lowest BCUT2D eigenvalue weighted by molar-refractivity contribution is -0.126. The Balaban J connectivity index is 1.51. The molecule has 1 saturated heterocycles. The molecule has 25 heavy (non-hydrogen) atoms. The van der Waals surface area contributed by atoms with E-state index < -0.39 is 0 Å². The minimum absolute atomic E-state index is 0.0105. The van der Waals surface area contributed by atoms with E-state index in [1.54, 1.807) is 0 Å². The molecule has 3 rings (SSSR count). The molecule has 0 aromatic carbocycles. The molecule has 0 bridgehead atoms. The monoisotopic (exact) mass is 365 g/mol. The van der Waals surface area contributed by atoms with Gasteiger partial charge in [-0.2, -0.15) is 4.37 Å². The van der Waals surface area contributed by atoms with E-state index in [0.29, 0.717) is 6.04 Å². The first kappa shape index (κ1) is 18.6. The topological polar surface area (TPSA) is 61.4 Å². The molecule has 1 atom stereocenters. The summed E-state index contributed by atoms with van der Waals surface area (Å²) >= 11 is 1.49. The van der Waals surface area contributed by atoms with Crippen molar-refractivity contribution >= 4 is 22.6 Å². The first-order valence-electron chi connectivity index (χ1n) is 9.48. The van der Waals surface area contributed by atoms with Crippen molar-refractivity contribution in [3.05, 3.63) is 5.82 Å². The molecular weight excluding hydrogens is 334 g/mol. The molecule has 1 aliphatic carbocycles. The van der Waals surface area contributed by atoms with E-state index in [1.807, 2.05) is 6.92 Å². The quantitative estimate of drug-likeness (QED) is 0.888. The van der Waals surface area contributed by atoms with E-state index in [4.69, 9.17) is 4.98 Å². The van der Waals surface area contributed by atoms with Crippen molar-refractivity contribution in [2.24, 2.45) is 0 Å². The second-order valence-electron chi connectivity index (χ2n) is 8.34. The second kappa shape index (κ2) is 7.58. The van der Waals surface area contributed by atoms with Gasteiger partial charge in [0.2, 0.25) is 11.0 Å². The summed E-state index contributed by atoms with van der Waals surface area (Å²) in [7, 11) is 0. The van der Waals surface area contributed by atoms with E-state index in [9.17, 15) is 4.79 Å². The summed E-state index contributed by atoms with van der Waals surface area (Å²) < 4.78 is 4.51. The van der Waals surface area contributed by atoms with Gasteiger partial charge < -0.3 is 10.2 Å². The number of piperazine rings is 1. The Morgan fingerprint density at radius 1 is 1.20 bits per heavy atom. The first-order valence-corrected chi connectivity index (χ1v) is 10.3. The van der Waals surface area contributed by atoms with Crippen LogP contribution in [0.25, 0.3) is 0 Å². The molecular formula is C18H31N5OS. The summed E-state index contributed by atoms with van der Waals surface area (Å²) in [5, 5.41) is 4.23. The lowest BCUT2D eigenvalue weighted by Gasteiger charge is -2.37. The van der Waals surface area contributed by atoms with Crippen molar-refractivity contribution in [1.29, 1.82) is 0 Å². The number of carbonyl (C=O) groups excluding carboxylic acids is 1. The van der Waals surface area contributed by atoms with Gasteiger partial charge in [0.05, 0.1) is 6.04 Å². The van der Waals surface area contributed by atoms with Crippen LogP contribution in [0.15, 0.2) is 0 Å². The molecule has 1 N–H and O–H groups in total. The Kier molecular flexibility index (Phi) is 5.63. The van der Waals surface area contributed by atoms with Gasteiger partial charge in [-0.05, 0) is 19.8 Å². The highest BCUT2D eigenvalue weighted by molar-refractivity contribution is 7.09. The zero-order valence-electron chi connectivity index (χ0n) is 15.9. The summed E-state index contributed by atoms with van der Waals surface area (Å²) in [5.41, 5.74) is -0.0105. The van der Waals surface area contributed by atoms with Crippen LogP contribution in [-0.4, -0.2) is 58.4 Å². The molecule has 1 amide bonds. The van der Waals surface area contributed by atoms with E-state index in [0.717, 1.165) is 50.0 Å². The SMILES string of the molecule is CC(C(=O)NC1CCCC1)N1CCN(c2nc(C(C)(C)C)ns2)CC1. The first-order chi connectivity index (χ1) is 11.8. The van der Waals surface area contributed by atoms with Crippen molar-refractivity contribution < 1.29 is 4.79 Å². The van der Waals surface area contributed by atoms with Crippen molar-refractivity contribution in [2.75, 3.05) is 31.1 Å². The van der Waals surface area contributed by atoms with Crippen LogP contribution in [-0.2, 0) is 10.2 Å². The zero-order chi connectivity index (χ0) is 18.0. The van der Waals surface area contributed by atoms with Crippen molar-refractivity contribution in [3.63, 3.8) is 0 Å². The van der Waals surface area contributed by atoms with Crippen LogP contribution >= 0.6 is 11.5 Å². The van der Waals surface area contributed by atoms with Gasteiger partial charge in [-0.25, -0.2) is 4.98 Å². The number of nitrogens with zero attached hydrogens (tertiary/aromatic N) is 4. The highest BCUT2D eigenvalue weighted by atomic mass is 32.1. The molecule has 0 spiro atoms. The average molecular weight is 366 g/mol. The molecule has 1 saturated carbocycles. The number of carbonyl (C=O) groups is 1. The van der Waals surface area contributed by atoms with E-state index in [-0.39, 0.29) is 17.4 Å². The molecule has 1 aliphatic heterocycles. The fraction of sp³-hybridized carbons (Fsp3) is 0.833. The normalized spacial score (nSPS) is 21.5. The third kappa shape index (κ3) is 4.50. The van der Waals surface area contributed by atoms with Gasteiger partial charge >= 0.3 is 0 Å². The molecule has 6 nitrogen and oxygen atoms in total. The molecule has 1 aromatic rings. The summed E-state index contributed by atoms with van der Waals surface area (Å²) in [6.45, 7) is 12.0. The molecule has 140 valence electrons. The maximum absolute atomic E-state index is 12.5. The predicted octanol–water partition coefficient (Wildman–Crippen LogP) is 2.40. The van der Waals surface area contributed by atoms with Gasteiger partial charge in [-0.15, -0.1) is 0 Å². The highest BCUT2D eigenvalue weighted by Crippen LogP contribution is 2.26. The fourth-order valence-electron chi connectivity index (χ4n) is 3.51. The Bertz CT molecular complexity index is 583. The van der Waals surface area contributed by atoms with Crippen LogP contribution < -0.4 is 10.2 Å². The van der Waals surface area contributed by atoms with Gasteiger partial charge in [0.1, 0.15) is 5.82 Å².